The minimum Gasteiger partial charge on any atom is -0.349 e. The molecule has 0 spiro atoms. The van der Waals surface area contributed by atoms with E-state index in [9.17, 15) is 4.79 Å². The summed E-state index contributed by atoms with van der Waals surface area (Å²) in [6.07, 6.45) is 9.85. The van der Waals surface area contributed by atoms with Crippen molar-refractivity contribution in [3.63, 3.8) is 0 Å². The molecule has 0 unspecified atom stereocenters. The molecule has 2 fully saturated rings. The number of hydrogen-bond donors (Lipinski definition) is 2. The highest BCUT2D eigenvalue weighted by molar-refractivity contribution is 5.94. The molecular weight excluding hydrogens is 352 g/mol. The van der Waals surface area contributed by atoms with Crippen molar-refractivity contribution >= 4 is 30.5 Å². The van der Waals surface area contributed by atoms with E-state index in [4.69, 9.17) is 10.3 Å². The molecule has 1 heterocycles. The summed E-state index contributed by atoms with van der Waals surface area (Å²) < 4.78 is 5.28. The number of nitrogens with zero attached hydrogens (tertiary/aromatic N) is 2. The van der Waals surface area contributed by atoms with Gasteiger partial charge in [-0.2, -0.15) is 4.98 Å². The molecule has 0 radical (unpaired) electrons. The number of nitrogens with one attached hydrogen (secondary N) is 1. The van der Waals surface area contributed by atoms with Crippen LogP contribution in [0.2, 0.25) is 0 Å². The van der Waals surface area contributed by atoms with Crippen molar-refractivity contribution in [3.8, 4) is 0 Å². The van der Waals surface area contributed by atoms with E-state index >= 15 is 0 Å². The van der Waals surface area contributed by atoms with Gasteiger partial charge in [0.15, 0.2) is 5.82 Å². The van der Waals surface area contributed by atoms with Gasteiger partial charge in [-0.05, 0) is 49.5 Å². The number of amides is 1. The lowest BCUT2D eigenvalue weighted by Gasteiger charge is -2.17. The van der Waals surface area contributed by atoms with Gasteiger partial charge in [-0.25, -0.2) is 0 Å². The lowest BCUT2D eigenvalue weighted by molar-refractivity contribution is 0.0951. The van der Waals surface area contributed by atoms with E-state index in [2.05, 4.69) is 15.5 Å². The van der Waals surface area contributed by atoms with Gasteiger partial charge in [0, 0.05) is 17.7 Å². The van der Waals surface area contributed by atoms with Crippen LogP contribution in [-0.4, -0.2) is 22.1 Å². The fourth-order valence-corrected chi connectivity index (χ4v) is 3.14. The summed E-state index contributed by atoms with van der Waals surface area (Å²) in [5.41, 5.74) is 7.54. The van der Waals surface area contributed by atoms with Crippen LogP contribution in [-0.2, 0) is 5.54 Å². The first-order valence-electron chi connectivity index (χ1n) is 8.84. The van der Waals surface area contributed by atoms with Crippen molar-refractivity contribution in [3.05, 3.63) is 47.1 Å². The third kappa shape index (κ3) is 4.14. The van der Waals surface area contributed by atoms with Crippen LogP contribution in [0.3, 0.4) is 0 Å². The molecule has 6 nitrogen and oxygen atoms in total. The average molecular weight is 375 g/mol. The van der Waals surface area contributed by atoms with Gasteiger partial charge in [-0.3, -0.25) is 4.79 Å². The van der Waals surface area contributed by atoms with Crippen LogP contribution in [0.4, 0.5) is 0 Å². The van der Waals surface area contributed by atoms with E-state index in [0.717, 1.165) is 44.1 Å². The number of nitrogens with two attached hydrogens (primary N) is 1. The Kier molecular flexibility index (Phi) is 5.44. The molecule has 0 aliphatic heterocycles. The number of aromatic nitrogens is 2. The Bertz CT molecular complexity index is 790. The van der Waals surface area contributed by atoms with Crippen LogP contribution in [0, 0.1) is 0 Å². The predicted molar refractivity (Wildman–Crippen MR) is 102 cm³/mol. The molecule has 138 valence electrons. The van der Waals surface area contributed by atoms with Gasteiger partial charge in [-0.15, -0.1) is 12.4 Å². The maximum absolute atomic E-state index is 12.0. The van der Waals surface area contributed by atoms with Gasteiger partial charge in [-0.1, -0.05) is 30.1 Å². The van der Waals surface area contributed by atoms with Crippen molar-refractivity contribution < 1.29 is 9.32 Å². The Hall–Kier alpha value is -2.18. The van der Waals surface area contributed by atoms with Crippen LogP contribution in [0.1, 0.15) is 66.2 Å². The van der Waals surface area contributed by atoms with Crippen LogP contribution < -0.4 is 11.1 Å². The third-order valence-electron chi connectivity index (χ3n) is 4.89. The molecule has 3 N–H and O–H groups in total. The topological polar surface area (TPSA) is 94.0 Å². The molecule has 4 rings (SSSR count). The molecule has 2 aliphatic carbocycles. The lowest BCUT2D eigenvalue weighted by atomic mass is 9.99. The average Bonchev–Trinajstić information content (AvgIpc) is 3.11. The molecule has 1 aromatic heterocycles. The highest BCUT2D eigenvalue weighted by atomic mass is 35.5. The number of carbonyl (C=O) groups excluding carboxylic acids is 1. The highest BCUT2D eigenvalue weighted by Gasteiger charge is 2.35. The van der Waals surface area contributed by atoms with E-state index < -0.39 is 5.54 Å². The Morgan fingerprint density at radius 1 is 1.19 bits per heavy atom. The predicted octanol–water partition coefficient (Wildman–Crippen LogP) is 3.28. The highest BCUT2D eigenvalue weighted by Crippen LogP contribution is 2.34. The molecule has 0 atom stereocenters. The van der Waals surface area contributed by atoms with Crippen LogP contribution in [0.25, 0.3) is 12.2 Å². The number of rotatable bonds is 5. The normalized spacial score (nSPS) is 18.7. The van der Waals surface area contributed by atoms with Crippen LogP contribution >= 0.6 is 12.4 Å². The number of benzene rings is 1. The van der Waals surface area contributed by atoms with Crippen LogP contribution in [0.5, 0.6) is 0 Å². The first-order valence-corrected chi connectivity index (χ1v) is 8.84. The van der Waals surface area contributed by atoms with E-state index in [0.29, 0.717) is 23.3 Å². The van der Waals surface area contributed by atoms with E-state index in [-0.39, 0.29) is 18.3 Å². The smallest absolute Gasteiger partial charge is 0.251 e. The zero-order valence-electron chi connectivity index (χ0n) is 14.5. The second-order valence-electron chi connectivity index (χ2n) is 7.02. The molecule has 1 amide bonds. The zero-order chi connectivity index (χ0) is 17.3. The van der Waals surface area contributed by atoms with Crippen molar-refractivity contribution in [1.82, 2.24) is 15.5 Å². The van der Waals surface area contributed by atoms with E-state index in [1.54, 1.807) is 6.08 Å². The molecule has 2 aliphatic rings. The molecule has 0 bridgehead atoms. The van der Waals surface area contributed by atoms with Gasteiger partial charge in [0.1, 0.15) is 0 Å². The first-order chi connectivity index (χ1) is 12.1. The van der Waals surface area contributed by atoms with Gasteiger partial charge < -0.3 is 15.6 Å². The molecule has 0 saturated heterocycles. The zero-order valence-corrected chi connectivity index (χ0v) is 15.3. The molecule has 7 heteroatoms. The summed E-state index contributed by atoms with van der Waals surface area (Å²) >= 11 is 0. The summed E-state index contributed by atoms with van der Waals surface area (Å²) in [7, 11) is 0. The Morgan fingerprint density at radius 3 is 2.54 bits per heavy atom. The lowest BCUT2D eigenvalue weighted by Crippen LogP contribution is -2.34. The Morgan fingerprint density at radius 2 is 1.88 bits per heavy atom. The maximum Gasteiger partial charge on any atom is 0.251 e. The summed E-state index contributed by atoms with van der Waals surface area (Å²) in [4.78, 5) is 16.4. The van der Waals surface area contributed by atoms with Gasteiger partial charge >= 0.3 is 0 Å². The van der Waals surface area contributed by atoms with Crippen molar-refractivity contribution in [2.75, 3.05) is 0 Å². The fourth-order valence-electron chi connectivity index (χ4n) is 3.14. The van der Waals surface area contributed by atoms with Gasteiger partial charge in [0.2, 0.25) is 0 Å². The van der Waals surface area contributed by atoms with Crippen molar-refractivity contribution in [2.24, 2.45) is 5.73 Å². The third-order valence-corrected chi connectivity index (χ3v) is 4.89. The summed E-state index contributed by atoms with van der Waals surface area (Å²) in [6.45, 7) is 0. The van der Waals surface area contributed by atoms with Gasteiger partial charge in [0.25, 0.3) is 11.8 Å². The SMILES string of the molecule is Cl.NC1(c2noc(/C=C/c3ccc(C(=O)NC4CC4)cc3)n2)CCCC1. The minimum atomic E-state index is -0.438. The second-order valence-corrected chi connectivity index (χ2v) is 7.02. The van der Waals surface area contributed by atoms with Gasteiger partial charge in [0.05, 0.1) is 5.54 Å². The maximum atomic E-state index is 12.0. The van der Waals surface area contributed by atoms with E-state index in [1.165, 1.54) is 0 Å². The summed E-state index contributed by atoms with van der Waals surface area (Å²) in [6, 6.07) is 7.81. The first kappa shape index (κ1) is 18.6. The minimum absolute atomic E-state index is 0. The fraction of sp³-hybridized carbons (Fsp3) is 0.421. The standard InChI is InChI=1S/C19H22N4O2.ClH/c20-19(11-1-2-12-19)18-22-16(25-23-18)10-5-13-3-6-14(7-4-13)17(24)21-15-8-9-15;/h3-7,10,15H,1-2,8-9,11-12,20H2,(H,21,24);1H/b10-5+;. The molecule has 2 saturated carbocycles. The number of halogens is 1. The quantitative estimate of drug-likeness (QED) is 0.837. The Balaban J connectivity index is 0.00000196. The van der Waals surface area contributed by atoms with Crippen LogP contribution in [0.15, 0.2) is 28.8 Å². The number of hydrogen-bond acceptors (Lipinski definition) is 5. The second kappa shape index (κ2) is 7.60. The molecular formula is C19H23ClN4O2. The molecule has 26 heavy (non-hydrogen) atoms. The summed E-state index contributed by atoms with van der Waals surface area (Å²) in [5, 5.41) is 7.02. The monoisotopic (exact) mass is 374 g/mol. The Labute approximate surface area is 158 Å². The largest absolute Gasteiger partial charge is 0.349 e. The summed E-state index contributed by atoms with van der Waals surface area (Å²) in [5.74, 6) is 1.03. The van der Waals surface area contributed by atoms with Crippen molar-refractivity contribution in [2.45, 2.75) is 50.1 Å². The molecule has 2 aromatic rings. The van der Waals surface area contributed by atoms with Crippen molar-refractivity contribution in [1.29, 1.82) is 0 Å². The number of carbonyl (C=O) groups is 1. The molecule has 1 aromatic carbocycles. The van der Waals surface area contributed by atoms with E-state index in [1.807, 2.05) is 30.3 Å².